The molecular formula is C21H22ClN3O. The van der Waals surface area contributed by atoms with Crippen LogP contribution in [0.2, 0.25) is 5.02 Å². The summed E-state index contributed by atoms with van der Waals surface area (Å²) in [6.45, 7) is 0. The Balaban J connectivity index is 1.76. The summed E-state index contributed by atoms with van der Waals surface area (Å²) in [5, 5.41) is 10.5. The maximum atomic E-state index is 13.2. The van der Waals surface area contributed by atoms with Crippen LogP contribution in [-0.4, -0.2) is 16.6 Å². The van der Waals surface area contributed by atoms with Crippen LogP contribution in [0.3, 0.4) is 0 Å². The fourth-order valence-corrected chi connectivity index (χ4v) is 3.84. The van der Waals surface area contributed by atoms with E-state index in [-0.39, 0.29) is 12.1 Å². The van der Waals surface area contributed by atoms with Crippen LogP contribution in [0.1, 0.15) is 60.6 Å². The number of nitrogens with zero attached hydrogens (tertiary/aromatic N) is 2. The fourth-order valence-electron chi connectivity index (χ4n) is 3.64. The van der Waals surface area contributed by atoms with Crippen molar-refractivity contribution in [3.05, 3.63) is 64.7 Å². The van der Waals surface area contributed by atoms with E-state index in [0.29, 0.717) is 10.6 Å². The first-order valence-corrected chi connectivity index (χ1v) is 9.61. The predicted molar refractivity (Wildman–Crippen MR) is 106 cm³/mol. The van der Waals surface area contributed by atoms with E-state index in [1.54, 1.807) is 5.01 Å². The molecule has 0 radical (unpaired) electrons. The van der Waals surface area contributed by atoms with Crippen LogP contribution in [0.4, 0.5) is 5.69 Å². The first-order valence-electron chi connectivity index (χ1n) is 9.23. The molecule has 1 atom stereocenters. The zero-order valence-electron chi connectivity index (χ0n) is 14.6. The second-order valence-electron chi connectivity index (χ2n) is 6.88. The summed E-state index contributed by atoms with van der Waals surface area (Å²) in [4.78, 5) is 13.2. The SMILES string of the molecule is O=C1c2ccccc2N[C@H](c2cccc(Cl)c2)N1N=C1CCCCCC1. The molecule has 1 amide bonds. The minimum absolute atomic E-state index is 0.0685. The molecule has 1 heterocycles. The molecule has 134 valence electrons. The van der Waals surface area contributed by atoms with Gasteiger partial charge in [0.2, 0.25) is 0 Å². The monoisotopic (exact) mass is 367 g/mol. The summed E-state index contributed by atoms with van der Waals surface area (Å²) in [6, 6.07) is 15.2. The lowest BCUT2D eigenvalue weighted by atomic mass is 10.0. The third-order valence-electron chi connectivity index (χ3n) is 5.00. The van der Waals surface area contributed by atoms with Crippen LogP contribution >= 0.6 is 11.6 Å². The van der Waals surface area contributed by atoms with Crippen molar-refractivity contribution in [2.75, 3.05) is 5.32 Å². The van der Waals surface area contributed by atoms with E-state index < -0.39 is 0 Å². The fraction of sp³-hybridized carbons (Fsp3) is 0.333. The zero-order chi connectivity index (χ0) is 17.9. The average Bonchev–Trinajstić information content (AvgIpc) is 2.93. The van der Waals surface area contributed by atoms with Gasteiger partial charge in [-0.25, -0.2) is 5.01 Å². The number of anilines is 1. The second-order valence-corrected chi connectivity index (χ2v) is 7.31. The minimum Gasteiger partial charge on any atom is -0.359 e. The third kappa shape index (κ3) is 3.47. The number of hydrogen-bond acceptors (Lipinski definition) is 3. The Labute approximate surface area is 158 Å². The lowest BCUT2D eigenvalue weighted by Crippen LogP contribution is -2.40. The molecular weight excluding hydrogens is 346 g/mol. The smallest absolute Gasteiger partial charge is 0.278 e. The summed E-state index contributed by atoms with van der Waals surface area (Å²) in [5.74, 6) is -0.0685. The molecule has 1 aliphatic carbocycles. The number of rotatable bonds is 2. The standard InChI is InChI=1S/C21H22ClN3O/c22-16-9-7-8-15(14-16)20-23-19-13-6-5-12-18(19)21(26)25(20)24-17-10-3-1-2-4-11-17/h5-9,12-14,20,23H,1-4,10-11H2/t20-/m0/s1. The van der Waals surface area contributed by atoms with Crippen LogP contribution in [-0.2, 0) is 0 Å². The van der Waals surface area contributed by atoms with Crippen molar-refractivity contribution in [3.63, 3.8) is 0 Å². The first kappa shape index (κ1) is 17.1. The molecule has 0 spiro atoms. The van der Waals surface area contributed by atoms with Gasteiger partial charge in [-0.2, -0.15) is 5.10 Å². The highest BCUT2D eigenvalue weighted by Crippen LogP contribution is 2.34. The molecule has 0 unspecified atom stereocenters. The molecule has 1 N–H and O–H groups in total. The summed E-state index contributed by atoms with van der Waals surface area (Å²) >= 11 is 6.19. The van der Waals surface area contributed by atoms with Crippen LogP contribution in [0.25, 0.3) is 0 Å². The van der Waals surface area contributed by atoms with Crippen LogP contribution in [0.15, 0.2) is 53.6 Å². The van der Waals surface area contributed by atoms with Crippen LogP contribution < -0.4 is 5.32 Å². The number of nitrogens with one attached hydrogen (secondary N) is 1. The van der Waals surface area contributed by atoms with Gasteiger partial charge in [-0.1, -0.05) is 48.7 Å². The largest absolute Gasteiger partial charge is 0.359 e. The number of hydrogen-bond donors (Lipinski definition) is 1. The highest BCUT2D eigenvalue weighted by molar-refractivity contribution is 6.30. The maximum Gasteiger partial charge on any atom is 0.278 e. The number of amides is 1. The van der Waals surface area contributed by atoms with Gasteiger partial charge in [0.05, 0.1) is 5.56 Å². The Kier molecular flexibility index (Phi) is 4.93. The van der Waals surface area contributed by atoms with E-state index in [2.05, 4.69) is 5.32 Å². The summed E-state index contributed by atoms with van der Waals surface area (Å²) in [7, 11) is 0. The summed E-state index contributed by atoms with van der Waals surface area (Å²) < 4.78 is 0. The third-order valence-corrected chi connectivity index (χ3v) is 5.23. The van der Waals surface area contributed by atoms with Crippen LogP contribution in [0, 0.1) is 0 Å². The van der Waals surface area contributed by atoms with Crippen molar-refractivity contribution >= 4 is 28.9 Å². The Morgan fingerprint density at radius 3 is 2.54 bits per heavy atom. The van der Waals surface area contributed by atoms with E-state index >= 15 is 0 Å². The number of carbonyl (C=O) groups is 1. The molecule has 0 bridgehead atoms. The van der Waals surface area contributed by atoms with E-state index in [4.69, 9.17) is 16.7 Å². The molecule has 26 heavy (non-hydrogen) atoms. The minimum atomic E-state index is -0.355. The van der Waals surface area contributed by atoms with Gasteiger partial charge < -0.3 is 5.32 Å². The number of carbonyl (C=O) groups excluding carboxylic acids is 1. The van der Waals surface area contributed by atoms with Crippen molar-refractivity contribution in [2.45, 2.75) is 44.7 Å². The van der Waals surface area contributed by atoms with Gasteiger partial charge in [-0.05, 0) is 55.5 Å². The Bertz CT molecular complexity index is 839. The highest BCUT2D eigenvalue weighted by atomic mass is 35.5. The molecule has 1 aliphatic heterocycles. The molecule has 5 heteroatoms. The highest BCUT2D eigenvalue weighted by Gasteiger charge is 2.33. The molecule has 1 fully saturated rings. The number of para-hydroxylation sites is 1. The van der Waals surface area contributed by atoms with Crippen molar-refractivity contribution in [3.8, 4) is 0 Å². The van der Waals surface area contributed by atoms with E-state index in [0.717, 1.165) is 42.6 Å². The van der Waals surface area contributed by atoms with Gasteiger partial charge in [-0.15, -0.1) is 0 Å². The first-order chi connectivity index (χ1) is 12.7. The predicted octanol–water partition coefficient (Wildman–Crippen LogP) is 5.62. The van der Waals surface area contributed by atoms with Gasteiger partial charge in [-0.3, -0.25) is 4.79 Å². The van der Waals surface area contributed by atoms with Crippen molar-refractivity contribution in [1.29, 1.82) is 0 Å². The lowest BCUT2D eigenvalue weighted by Gasteiger charge is -2.35. The zero-order valence-corrected chi connectivity index (χ0v) is 15.4. The van der Waals surface area contributed by atoms with Gasteiger partial charge in [0, 0.05) is 16.4 Å². The molecule has 0 aromatic heterocycles. The molecule has 1 saturated carbocycles. The summed E-state index contributed by atoms with van der Waals surface area (Å²) in [5.41, 5.74) is 3.53. The molecule has 2 aliphatic rings. The lowest BCUT2D eigenvalue weighted by molar-refractivity contribution is 0.0688. The summed E-state index contributed by atoms with van der Waals surface area (Å²) in [6.07, 6.45) is 6.35. The van der Waals surface area contributed by atoms with E-state index in [9.17, 15) is 4.79 Å². The van der Waals surface area contributed by atoms with Gasteiger partial charge in [0.25, 0.3) is 5.91 Å². The van der Waals surface area contributed by atoms with E-state index in [1.165, 1.54) is 12.8 Å². The Morgan fingerprint density at radius 1 is 1.00 bits per heavy atom. The quantitative estimate of drug-likeness (QED) is 0.700. The Hall–Kier alpha value is -2.33. The molecule has 4 nitrogen and oxygen atoms in total. The average molecular weight is 368 g/mol. The topological polar surface area (TPSA) is 44.7 Å². The van der Waals surface area contributed by atoms with Crippen molar-refractivity contribution in [1.82, 2.24) is 5.01 Å². The van der Waals surface area contributed by atoms with E-state index in [1.807, 2.05) is 48.5 Å². The molecule has 2 aromatic carbocycles. The molecule has 4 rings (SSSR count). The van der Waals surface area contributed by atoms with Crippen molar-refractivity contribution < 1.29 is 4.79 Å². The Morgan fingerprint density at radius 2 is 1.77 bits per heavy atom. The number of halogens is 1. The maximum absolute atomic E-state index is 13.2. The second kappa shape index (κ2) is 7.50. The van der Waals surface area contributed by atoms with Gasteiger partial charge >= 0.3 is 0 Å². The van der Waals surface area contributed by atoms with Gasteiger partial charge in [0.15, 0.2) is 6.17 Å². The number of fused-ring (bicyclic) bond motifs is 1. The number of benzene rings is 2. The normalized spacial score (nSPS) is 20.2. The van der Waals surface area contributed by atoms with Gasteiger partial charge in [0.1, 0.15) is 0 Å². The van der Waals surface area contributed by atoms with Crippen LogP contribution in [0.5, 0.6) is 0 Å². The van der Waals surface area contributed by atoms with Crippen molar-refractivity contribution in [2.24, 2.45) is 5.10 Å². The molecule has 0 saturated heterocycles. The molecule has 2 aromatic rings. The number of hydrazone groups is 1.